The minimum atomic E-state index is 0.572. The first-order chi connectivity index (χ1) is 7.71. The quantitative estimate of drug-likeness (QED) is 0.870. The third-order valence-corrected chi connectivity index (χ3v) is 2.53. The smallest absolute Gasteiger partial charge is 0.231 e. The Hall–Kier alpha value is -0.910. The van der Waals surface area contributed by atoms with Crippen molar-refractivity contribution in [3.05, 3.63) is 4.73 Å². The Kier molecular flexibility index (Phi) is 5.45. The number of halogens is 1. The van der Waals surface area contributed by atoms with Gasteiger partial charge in [-0.1, -0.05) is 6.92 Å². The molecule has 16 heavy (non-hydrogen) atoms. The number of nitrogens with one attached hydrogen (secondary N) is 1. The fourth-order valence-electron chi connectivity index (χ4n) is 1.30. The third kappa shape index (κ3) is 3.59. The molecule has 0 fully saturated rings. The average molecular weight is 288 g/mol. The van der Waals surface area contributed by atoms with Crippen LogP contribution in [0.2, 0.25) is 0 Å². The van der Waals surface area contributed by atoms with E-state index in [1.54, 1.807) is 0 Å². The van der Waals surface area contributed by atoms with Crippen LogP contribution in [0.15, 0.2) is 4.73 Å². The first-order valence-electron chi connectivity index (χ1n) is 5.61. The van der Waals surface area contributed by atoms with Gasteiger partial charge < -0.3 is 10.2 Å². The molecule has 0 aliphatic heterocycles. The fourth-order valence-corrected chi connectivity index (χ4v) is 1.63. The molecule has 0 atom stereocenters. The highest BCUT2D eigenvalue weighted by atomic mass is 79.9. The average Bonchev–Trinajstić information content (AvgIpc) is 2.27. The van der Waals surface area contributed by atoms with E-state index in [0.29, 0.717) is 16.6 Å². The van der Waals surface area contributed by atoms with E-state index in [0.717, 1.165) is 26.1 Å². The lowest BCUT2D eigenvalue weighted by Crippen LogP contribution is -2.25. The molecule has 1 aromatic rings. The predicted octanol–water partition coefficient (Wildman–Crippen LogP) is 2.30. The van der Waals surface area contributed by atoms with Crippen LogP contribution in [0, 0.1) is 0 Å². The van der Waals surface area contributed by atoms with Gasteiger partial charge in [-0.25, -0.2) is 0 Å². The van der Waals surface area contributed by atoms with E-state index in [2.05, 4.69) is 61.9 Å². The van der Waals surface area contributed by atoms with E-state index in [1.807, 2.05) is 0 Å². The standard InChI is InChI=1S/C10H18BrN5/c1-4-7-12-9-13-8(11)14-10(15-9)16(5-2)6-3/h4-7H2,1-3H3,(H,12,13,14,15). The normalized spacial score (nSPS) is 10.2. The largest absolute Gasteiger partial charge is 0.354 e. The Bertz CT molecular complexity index is 327. The first-order valence-corrected chi connectivity index (χ1v) is 6.40. The maximum absolute atomic E-state index is 4.38. The molecule has 90 valence electrons. The van der Waals surface area contributed by atoms with E-state index in [1.165, 1.54) is 0 Å². The summed E-state index contributed by atoms with van der Waals surface area (Å²) in [4.78, 5) is 14.9. The van der Waals surface area contributed by atoms with E-state index < -0.39 is 0 Å². The van der Waals surface area contributed by atoms with Gasteiger partial charge in [-0.05, 0) is 36.2 Å². The van der Waals surface area contributed by atoms with Crippen molar-refractivity contribution in [1.29, 1.82) is 0 Å². The van der Waals surface area contributed by atoms with Crippen LogP contribution in [0.25, 0.3) is 0 Å². The second-order valence-electron chi connectivity index (χ2n) is 3.33. The molecular formula is C10H18BrN5. The molecule has 0 radical (unpaired) electrons. The lowest BCUT2D eigenvalue weighted by Gasteiger charge is -2.18. The molecule has 1 rings (SSSR count). The van der Waals surface area contributed by atoms with Crippen LogP contribution in [0.4, 0.5) is 11.9 Å². The number of aromatic nitrogens is 3. The third-order valence-electron chi connectivity index (χ3n) is 2.18. The molecule has 0 bridgehead atoms. The van der Waals surface area contributed by atoms with Crippen LogP contribution in [-0.2, 0) is 0 Å². The topological polar surface area (TPSA) is 53.9 Å². The van der Waals surface area contributed by atoms with Gasteiger partial charge in [0.25, 0.3) is 0 Å². The number of nitrogens with zero attached hydrogens (tertiary/aromatic N) is 4. The SMILES string of the molecule is CCCNc1nc(Br)nc(N(CC)CC)n1. The van der Waals surface area contributed by atoms with Crippen LogP contribution in [0.3, 0.4) is 0 Å². The zero-order valence-corrected chi connectivity index (χ0v) is 11.6. The highest BCUT2D eigenvalue weighted by molar-refractivity contribution is 9.10. The summed E-state index contributed by atoms with van der Waals surface area (Å²) in [5.74, 6) is 1.34. The molecule has 0 aromatic carbocycles. The Balaban J connectivity index is 2.88. The summed E-state index contributed by atoms with van der Waals surface area (Å²) >= 11 is 3.30. The van der Waals surface area contributed by atoms with Gasteiger partial charge in [0, 0.05) is 19.6 Å². The van der Waals surface area contributed by atoms with Crippen molar-refractivity contribution >= 4 is 27.8 Å². The molecule has 1 aromatic heterocycles. The van der Waals surface area contributed by atoms with Crippen LogP contribution < -0.4 is 10.2 Å². The molecule has 0 aliphatic carbocycles. The summed E-state index contributed by atoms with van der Waals surface area (Å²) < 4.78 is 0.572. The van der Waals surface area contributed by atoms with Crippen LogP contribution >= 0.6 is 15.9 Å². The maximum Gasteiger partial charge on any atom is 0.231 e. The van der Waals surface area contributed by atoms with Crippen molar-refractivity contribution < 1.29 is 0 Å². The van der Waals surface area contributed by atoms with Gasteiger partial charge in [-0.15, -0.1) is 0 Å². The van der Waals surface area contributed by atoms with Gasteiger partial charge in [0.2, 0.25) is 16.6 Å². The summed E-state index contributed by atoms with van der Waals surface area (Å²) in [7, 11) is 0. The first kappa shape index (κ1) is 13.2. The zero-order chi connectivity index (χ0) is 12.0. The van der Waals surface area contributed by atoms with Crippen LogP contribution in [0.5, 0.6) is 0 Å². The molecule has 6 heteroatoms. The Morgan fingerprint density at radius 2 is 1.81 bits per heavy atom. The minimum absolute atomic E-state index is 0.572. The van der Waals surface area contributed by atoms with Crippen molar-refractivity contribution in [3.8, 4) is 0 Å². The molecule has 1 N–H and O–H groups in total. The van der Waals surface area contributed by atoms with Gasteiger partial charge in [-0.2, -0.15) is 15.0 Å². The monoisotopic (exact) mass is 287 g/mol. The number of hydrogen-bond donors (Lipinski definition) is 1. The summed E-state index contributed by atoms with van der Waals surface area (Å²) in [6.45, 7) is 8.92. The maximum atomic E-state index is 4.38. The molecule has 0 aliphatic rings. The predicted molar refractivity (Wildman–Crippen MR) is 69.9 cm³/mol. The molecule has 5 nitrogen and oxygen atoms in total. The highest BCUT2D eigenvalue weighted by Gasteiger charge is 2.09. The molecule has 0 unspecified atom stereocenters. The zero-order valence-electron chi connectivity index (χ0n) is 10.00. The van der Waals surface area contributed by atoms with Crippen molar-refractivity contribution in [2.75, 3.05) is 29.9 Å². The van der Waals surface area contributed by atoms with E-state index in [4.69, 9.17) is 0 Å². The van der Waals surface area contributed by atoms with Gasteiger partial charge >= 0.3 is 0 Å². The molecule has 0 saturated carbocycles. The summed E-state index contributed by atoms with van der Waals surface area (Å²) in [6.07, 6.45) is 1.05. The summed E-state index contributed by atoms with van der Waals surface area (Å²) in [5, 5.41) is 3.16. The fraction of sp³-hybridized carbons (Fsp3) is 0.700. The van der Waals surface area contributed by atoms with Crippen molar-refractivity contribution in [3.63, 3.8) is 0 Å². The van der Waals surface area contributed by atoms with Crippen LogP contribution in [-0.4, -0.2) is 34.6 Å². The van der Waals surface area contributed by atoms with Crippen molar-refractivity contribution in [2.45, 2.75) is 27.2 Å². The summed E-state index contributed by atoms with van der Waals surface area (Å²) in [6, 6.07) is 0. The molecular weight excluding hydrogens is 270 g/mol. The highest BCUT2D eigenvalue weighted by Crippen LogP contribution is 2.13. The Morgan fingerprint density at radius 1 is 1.12 bits per heavy atom. The second-order valence-corrected chi connectivity index (χ2v) is 4.04. The summed E-state index contributed by atoms with van der Waals surface area (Å²) in [5.41, 5.74) is 0. The van der Waals surface area contributed by atoms with Crippen molar-refractivity contribution in [1.82, 2.24) is 15.0 Å². The Labute approximate surface area is 105 Å². The van der Waals surface area contributed by atoms with Gasteiger partial charge in [0.05, 0.1) is 0 Å². The van der Waals surface area contributed by atoms with Gasteiger partial charge in [-0.3, -0.25) is 0 Å². The van der Waals surface area contributed by atoms with Gasteiger partial charge in [0.1, 0.15) is 0 Å². The molecule has 0 spiro atoms. The van der Waals surface area contributed by atoms with E-state index >= 15 is 0 Å². The van der Waals surface area contributed by atoms with Crippen LogP contribution in [0.1, 0.15) is 27.2 Å². The Morgan fingerprint density at radius 3 is 2.38 bits per heavy atom. The van der Waals surface area contributed by atoms with E-state index in [9.17, 15) is 0 Å². The second kappa shape index (κ2) is 6.62. The number of hydrogen-bond acceptors (Lipinski definition) is 5. The molecule has 1 heterocycles. The van der Waals surface area contributed by atoms with Crippen molar-refractivity contribution in [2.24, 2.45) is 0 Å². The lowest BCUT2D eigenvalue weighted by atomic mass is 10.5. The minimum Gasteiger partial charge on any atom is -0.354 e. The molecule has 0 saturated heterocycles. The molecule has 0 amide bonds. The van der Waals surface area contributed by atoms with E-state index in [-0.39, 0.29) is 0 Å². The van der Waals surface area contributed by atoms with Gasteiger partial charge in [0.15, 0.2) is 0 Å². The number of rotatable bonds is 6. The number of anilines is 2. The lowest BCUT2D eigenvalue weighted by molar-refractivity contribution is 0.804.